The van der Waals surface area contributed by atoms with Crippen LogP contribution in [-0.4, -0.2) is 16.1 Å². The second-order valence-corrected chi connectivity index (χ2v) is 5.20. The molecule has 0 aliphatic heterocycles. The van der Waals surface area contributed by atoms with Gasteiger partial charge in [-0.2, -0.15) is 0 Å². The molecule has 0 radical (unpaired) electrons. The first-order chi connectivity index (χ1) is 8.13. The number of thiazole rings is 1. The van der Waals surface area contributed by atoms with E-state index in [2.05, 4.69) is 10.4 Å². The van der Waals surface area contributed by atoms with Crippen LogP contribution in [-0.2, 0) is 12.8 Å². The highest BCUT2D eigenvalue weighted by atomic mass is 32.1. The maximum atomic E-state index is 9.38. The second-order valence-electron chi connectivity index (χ2n) is 4.26. The van der Waals surface area contributed by atoms with Crippen molar-refractivity contribution in [2.45, 2.75) is 25.8 Å². The van der Waals surface area contributed by atoms with E-state index in [1.165, 1.54) is 0 Å². The van der Waals surface area contributed by atoms with Crippen molar-refractivity contribution in [3.05, 3.63) is 45.9 Å². The van der Waals surface area contributed by atoms with Crippen LogP contribution in [0.1, 0.15) is 23.2 Å². The van der Waals surface area contributed by atoms with Crippen LogP contribution >= 0.6 is 11.3 Å². The monoisotopic (exact) mass is 248 g/mol. The zero-order valence-corrected chi connectivity index (χ0v) is 10.6. The molecule has 0 saturated heterocycles. The average molecular weight is 248 g/mol. The summed E-state index contributed by atoms with van der Waals surface area (Å²) in [6, 6.07) is 7.43. The number of aromatic hydroxyl groups is 1. The van der Waals surface area contributed by atoms with Crippen LogP contribution in [0.25, 0.3) is 0 Å². The van der Waals surface area contributed by atoms with E-state index in [-0.39, 0.29) is 6.04 Å². The lowest BCUT2D eigenvalue weighted by atomic mass is 10.1. The number of hydrogen-bond donors (Lipinski definition) is 2. The molecule has 0 spiro atoms. The van der Waals surface area contributed by atoms with Gasteiger partial charge in [-0.15, -0.1) is 11.3 Å². The molecule has 1 unspecified atom stereocenters. The Balaban J connectivity index is 2.06. The minimum absolute atomic E-state index is 0.144. The molecule has 1 aromatic heterocycles. The highest BCUT2D eigenvalue weighted by Crippen LogP contribution is 2.18. The summed E-state index contributed by atoms with van der Waals surface area (Å²) in [4.78, 5) is 4.53. The predicted molar refractivity (Wildman–Crippen MR) is 70.4 cm³/mol. The van der Waals surface area contributed by atoms with Crippen LogP contribution in [0.15, 0.2) is 29.6 Å². The van der Waals surface area contributed by atoms with Gasteiger partial charge in [0.1, 0.15) is 5.75 Å². The molecule has 2 rings (SSSR count). The summed E-state index contributed by atoms with van der Waals surface area (Å²) in [7, 11) is 0. The van der Waals surface area contributed by atoms with Crippen molar-refractivity contribution in [3.8, 4) is 5.75 Å². The predicted octanol–water partition coefficient (Wildman–Crippen LogP) is 2.33. The molecule has 1 atom stereocenters. The van der Waals surface area contributed by atoms with Crippen molar-refractivity contribution in [1.29, 1.82) is 0 Å². The van der Waals surface area contributed by atoms with Gasteiger partial charge >= 0.3 is 0 Å². The number of hydrogen-bond acceptors (Lipinski definition) is 4. The van der Waals surface area contributed by atoms with Gasteiger partial charge in [-0.1, -0.05) is 12.1 Å². The van der Waals surface area contributed by atoms with E-state index in [0.29, 0.717) is 5.75 Å². The van der Waals surface area contributed by atoms with Crippen molar-refractivity contribution >= 4 is 11.3 Å². The fourth-order valence-electron chi connectivity index (χ4n) is 1.69. The summed E-state index contributed by atoms with van der Waals surface area (Å²) >= 11 is 1.64. The van der Waals surface area contributed by atoms with Gasteiger partial charge in [-0.05, 0) is 24.6 Å². The highest BCUT2D eigenvalue weighted by Gasteiger charge is 2.05. The third kappa shape index (κ3) is 3.54. The molecule has 90 valence electrons. The smallest absolute Gasteiger partial charge is 0.115 e. The molecule has 2 aromatic rings. The maximum Gasteiger partial charge on any atom is 0.115 e. The Labute approximate surface area is 105 Å². The molecule has 1 heterocycles. The van der Waals surface area contributed by atoms with E-state index < -0.39 is 0 Å². The Morgan fingerprint density at radius 1 is 1.47 bits per heavy atom. The van der Waals surface area contributed by atoms with Crippen molar-refractivity contribution in [2.75, 3.05) is 0 Å². The molecule has 0 aliphatic carbocycles. The first kappa shape index (κ1) is 12.1. The number of nitrogens with two attached hydrogens (primary N) is 1. The van der Waals surface area contributed by atoms with E-state index in [0.717, 1.165) is 29.1 Å². The Bertz CT molecular complexity index is 494. The normalized spacial score (nSPS) is 12.6. The lowest BCUT2D eigenvalue weighted by Gasteiger charge is -2.00. The largest absolute Gasteiger partial charge is 0.508 e. The van der Waals surface area contributed by atoms with Crippen molar-refractivity contribution in [2.24, 2.45) is 5.73 Å². The number of rotatable bonds is 4. The molecule has 0 amide bonds. The number of aromatic nitrogens is 1. The fourth-order valence-corrected chi connectivity index (χ4v) is 2.54. The van der Waals surface area contributed by atoms with E-state index in [4.69, 9.17) is 5.73 Å². The third-order valence-corrected chi connectivity index (χ3v) is 3.29. The molecule has 17 heavy (non-hydrogen) atoms. The molecular weight excluding hydrogens is 232 g/mol. The average Bonchev–Trinajstić information content (AvgIpc) is 2.64. The van der Waals surface area contributed by atoms with Crippen LogP contribution in [0.2, 0.25) is 0 Å². The van der Waals surface area contributed by atoms with E-state index in [9.17, 15) is 5.11 Å². The quantitative estimate of drug-likeness (QED) is 0.873. The topological polar surface area (TPSA) is 59.1 Å². The van der Waals surface area contributed by atoms with Gasteiger partial charge in [0.25, 0.3) is 0 Å². The van der Waals surface area contributed by atoms with Crippen LogP contribution in [0.3, 0.4) is 0 Å². The molecule has 0 aliphatic rings. The van der Waals surface area contributed by atoms with E-state index >= 15 is 0 Å². The summed E-state index contributed by atoms with van der Waals surface area (Å²) in [6.45, 7) is 1.98. The number of nitrogens with zero attached hydrogens (tertiary/aromatic N) is 1. The molecule has 4 heteroatoms. The Kier molecular flexibility index (Phi) is 3.76. The van der Waals surface area contributed by atoms with Crippen LogP contribution < -0.4 is 5.73 Å². The standard InChI is InChI=1S/C13H16N2OS/c1-9(14)5-11-8-17-13(15-11)7-10-3-2-4-12(16)6-10/h2-4,6,8-9,16H,5,7,14H2,1H3. The zero-order valence-electron chi connectivity index (χ0n) is 9.76. The van der Waals surface area contributed by atoms with Crippen molar-refractivity contribution in [1.82, 2.24) is 4.98 Å². The molecule has 0 bridgehead atoms. The van der Waals surface area contributed by atoms with Crippen molar-refractivity contribution in [3.63, 3.8) is 0 Å². The summed E-state index contributed by atoms with van der Waals surface area (Å²) in [5.41, 5.74) is 7.87. The fraction of sp³-hybridized carbons (Fsp3) is 0.308. The molecule has 0 fully saturated rings. The Hall–Kier alpha value is -1.39. The van der Waals surface area contributed by atoms with Crippen LogP contribution in [0.4, 0.5) is 0 Å². The van der Waals surface area contributed by atoms with E-state index in [1.54, 1.807) is 23.5 Å². The van der Waals surface area contributed by atoms with Gasteiger partial charge in [0.2, 0.25) is 0 Å². The molecule has 3 N–H and O–H groups in total. The highest BCUT2D eigenvalue weighted by molar-refractivity contribution is 7.09. The van der Waals surface area contributed by atoms with E-state index in [1.807, 2.05) is 19.1 Å². The Morgan fingerprint density at radius 2 is 2.29 bits per heavy atom. The summed E-state index contributed by atoms with van der Waals surface area (Å²) < 4.78 is 0. The van der Waals surface area contributed by atoms with Gasteiger partial charge in [0.05, 0.1) is 10.7 Å². The lowest BCUT2D eigenvalue weighted by Crippen LogP contribution is -2.17. The molecular formula is C13H16N2OS. The number of benzene rings is 1. The minimum Gasteiger partial charge on any atom is -0.508 e. The first-order valence-electron chi connectivity index (χ1n) is 5.60. The Morgan fingerprint density at radius 3 is 3.00 bits per heavy atom. The summed E-state index contributed by atoms with van der Waals surface area (Å²) in [5.74, 6) is 0.301. The van der Waals surface area contributed by atoms with Gasteiger partial charge in [-0.3, -0.25) is 0 Å². The van der Waals surface area contributed by atoms with Gasteiger partial charge < -0.3 is 10.8 Å². The first-order valence-corrected chi connectivity index (χ1v) is 6.48. The number of phenols is 1. The summed E-state index contributed by atoms with van der Waals surface area (Å²) in [6.07, 6.45) is 1.58. The second kappa shape index (κ2) is 5.29. The SMILES string of the molecule is CC(N)Cc1csc(Cc2cccc(O)c2)n1. The molecule has 3 nitrogen and oxygen atoms in total. The van der Waals surface area contributed by atoms with Crippen LogP contribution in [0.5, 0.6) is 5.75 Å². The zero-order chi connectivity index (χ0) is 12.3. The minimum atomic E-state index is 0.144. The van der Waals surface area contributed by atoms with Gasteiger partial charge in [0.15, 0.2) is 0 Å². The van der Waals surface area contributed by atoms with Gasteiger partial charge in [-0.25, -0.2) is 4.98 Å². The molecule has 1 aromatic carbocycles. The number of phenolic OH excluding ortho intramolecular Hbond substituents is 1. The summed E-state index contributed by atoms with van der Waals surface area (Å²) in [5, 5.41) is 12.5. The third-order valence-electron chi connectivity index (χ3n) is 2.40. The van der Waals surface area contributed by atoms with Crippen molar-refractivity contribution < 1.29 is 5.11 Å². The maximum absolute atomic E-state index is 9.38. The van der Waals surface area contributed by atoms with Gasteiger partial charge in [0, 0.05) is 24.3 Å². The lowest BCUT2D eigenvalue weighted by molar-refractivity contribution is 0.474. The molecule has 0 saturated carbocycles. The van der Waals surface area contributed by atoms with Crippen LogP contribution in [0, 0.1) is 0 Å².